The van der Waals surface area contributed by atoms with Gasteiger partial charge in [-0.1, -0.05) is 23.7 Å². The number of aromatic nitrogens is 3. The van der Waals surface area contributed by atoms with E-state index >= 15 is 0 Å². The van der Waals surface area contributed by atoms with Crippen LogP contribution in [0.5, 0.6) is 0 Å². The van der Waals surface area contributed by atoms with Gasteiger partial charge in [-0.2, -0.15) is 9.78 Å². The average molecular weight is 429 g/mol. The Morgan fingerprint density at radius 2 is 1.97 bits per heavy atom. The highest BCUT2D eigenvalue weighted by Gasteiger charge is 2.28. The highest BCUT2D eigenvalue weighted by molar-refractivity contribution is 6.30. The van der Waals surface area contributed by atoms with Crippen LogP contribution in [-0.2, 0) is 0 Å². The van der Waals surface area contributed by atoms with Gasteiger partial charge < -0.3 is 10.4 Å². The van der Waals surface area contributed by atoms with E-state index in [0.29, 0.717) is 29.1 Å². The third-order valence-corrected chi connectivity index (χ3v) is 5.28. The zero-order chi connectivity index (χ0) is 21.3. The van der Waals surface area contributed by atoms with Crippen molar-refractivity contribution in [2.45, 2.75) is 31.4 Å². The molecule has 0 bridgehead atoms. The van der Waals surface area contributed by atoms with Crippen LogP contribution in [0.15, 0.2) is 53.6 Å². The van der Waals surface area contributed by atoms with E-state index < -0.39 is 29.4 Å². The van der Waals surface area contributed by atoms with Gasteiger partial charge >= 0.3 is 0 Å². The highest BCUT2D eigenvalue weighted by atomic mass is 35.5. The summed E-state index contributed by atoms with van der Waals surface area (Å²) in [5, 5.41) is 17.5. The summed E-state index contributed by atoms with van der Waals surface area (Å²) in [5.74, 6) is -1.26. The van der Waals surface area contributed by atoms with E-state index in [1.54, 1.807) is 24.3 Å². The van der Waals surface area contributed by atoms with Gasteiger partial charge in [0.05, 0.1) is 35.9 Å². The average Bonchev–Trinajstić information content (AvgIpc) is 3.13. The molecule has 2 atom stereocenters. The Bertz CT molecular complexity index is 1150. The SMILES string of the molecule is O=C(NC1CCCC1O)c1cc(-c2ccc(Cl)cc2)nn(-c2cncc(F)c2)c1=O. The number of nitrogens with zero attached hydrogens (tertiary/aromatic N) is 3. The molecule has 4 rings (SSSR count). The maximum absolute atomic E-state index is 13.7. The molecule has 0 aliphatic heterocycles. The number of aliphatic hydroxyl groups excluding tert-OH is 1. The van der Waals surface area contributed by atoms with Crippen molar-refractivity contribution < 1.29 is 14.3 Å². The summed E-state index contributed by atoms with van der Waals surface area (Å²) in [6.45, 7) is 0. The minimum absolute atomic E-state index is 0.0887. The van der Waals surface area contributed by atoms with E-state index in [1.807, 2.05) is 0 Å². The molecule has 0 spiro atoms. The van der Waals surface area contributed by atoms with Gasteiger partial charge in [0.1, 0.15) is 11.4 Å². The quantitative estimate of drug-likeness (QED) is 0.666. The number of pyridine rings is 1. The first kappa shape index (κ1) is 20.2. The first-order valence-electron chi connectivity index (χ1n) is 9.42. The summed E-state index contributed by atoms with van der Waals surface area (Å²) < 4.78 is 14.6. The lowest BCUT2D eigenvalue weighted by molar-refractivity contribution is 0.0871. The fraction of sp³-hybridized carbons (Fsp3) is 0.238. The normalized spacial score (nSPS) is 18.4. The standard InChI is InChI=1S/C21H18ClFN4O3/c22-13-6-4-12(5-7-13)18-9-16(20(29)25-17-2-1-3-19(17)28)21(30)27(26-18)15-8-14(23)10-24-11-15/h4-11,17,19,28H,1-3H2,(H,25,29). The molecular weight excluding hydrogens is 411 g/mol. The number of benzene rings is 1. The third kappa shape index (κ3) is 4.10. The number of carbonyl (C=O) groups is 1. The Labute approximate surface area is 176 Å². The molecule has 2 unspecified atom stereocenters. The third-order valence-electron chi connectivity index (χ3n) is 5.03. The number of hydrogen-bond acceptors (Lipinski definition) is 5. The second-order valence-electron chi connectivity index (χ2n) is 7.11. The van der Waals surface area contributed by atoms with Crippen molar-refractivity contribution in [2.75, 3.05) is 0 Å². The van der Waals surface area contributed by atoms with Crippen LogP contribution in [-0.4, -0.2) is 37.9 Å². The van der Waals surface area contributed by atoms with Crippen molar-refractivity contribution in [1.29, 1.82) is 0 Å². The zero-order valence-corrected chi connectivity index (χ0v) is 16.5. The van der Waals surface area contributed by atoms with E-state index in [0.717, 1.165) is 23.4 Å². The van der Waals surface area contributed by atoms with Crippen molar-refractivity contribution in [3.8, 4) is 16.9 Å². The van der Waals surface area contributed by atoms with Crippen LogP contribution in [0.2, 0.25) is 5.02 Å². The minimum atomic E-state index is -0.717. The summed E-state index contributed by atoms with van der Waals surface area (Å²) in [5.41, 5.74) is 0.147. The van der Waals surface area contributed by atoms with E-state index in [2.05, 4.69) is 15.4 Å². The Morgan fingerprint density at radius 1 is 1.20 bits per heavy atom. The number of aliphatic hydroxyl groups is 1. The molecule has 3 aromatic rings. The second-order valence-corrected chi connectivity index (χ2v) is 7.54. The van der Waals surface area contributed by atoms with Gasteiger partial charge in [-0.15, -0.1) is 0 Å². The molecule has 154 valence electrons. The van der Waals surface area contributed by atoms with Crippen molar-refractivity contribution in [3.63, 3.8) is 0 Å². The molecule has 2 aromatic heterocycles. The lowest BCUT2D eigenvalue weighted by Crippen LogP contribution is -2.42. The molecule has 2 N–H and O–H groups in total. The van der Waals surface area contributed by atoms with Gasteiger partial charge in [0, 0.05) is 16.7 Å². The molecule has 0 radical (unpaired) electrons. The van der Waals surface area contributed by atoms with Gasteiger partial charge in [-0.25, -0.2) is 4.39 Å². The first-order chi connectivity index (χ1) is 14.4. The molecule has 2 heterocycles. The Kier molecular flexibility index (Phi) is 5.61. The maximum Gasteiger partial charge on any atom is 0.284 e. The number of amides is 1. The maximum atomic E-state index is 13.7. The second kappa shape index (κ2) is 8.33. The van der Waals surface area contributed by atoms with Crippen molar-refractivity contribution in [1.82, 2.24) is 20.1 Å². The lowest BCUT2D eigenvalue weighted by atomic mass is 10.1. The fourth-order valence-corrected chi connectivity index (χ4v) is 3.59. The topological polar surface area (TPSA) is 97.1 Å². The number of nitrogens with one attached hydrogen (secondary N) is 1. The highest BCUT2D eigenvalue weighted by Crippen LogP contribution is 2.22. The smallest absolute Gasteiger partial charge is 0.284 e. The van der Waals surface area contributed by atoms with Crippen LogP contribution in [0.3, 0.4) is 0 Å². The predicted molar refractivity (Wildman–Crippen MR) is 109 cm³/mol. The molecule has 1 aliphatic carbocycles. The van der Waals surface area contributed by atoms with Gasteiger partial charge in [-0.05, 0) is 37.5 Å². The number of carbonyl (C=O) groups excluding carboxylic acids is 1. The molecular formula is C21H18ClFN4O3. The van der Waals surface area contributed by atoms with Gasteiger partial charge in [0.15, 0.2) is 0 Å². The van der Waals surface area contributed by atoms with Crippen LogP contribution in [0.4, 0.5) is 4.39 Å². The molecule has 1 aliphatic rings. The van der Waals surface area contributed by atoms with E-state index in [4.69, 9.17) is 11.6 Å². The number of hydrogen-bond donors (Lipinski definition) is 2. The summed E-state index contributed by atoms with van der Waals surface area (Å²) in [6, 6.07) is 8.78. The minimum Gasteiger partial charge on any atom is -0.391 e. The number of rotatable bonds is 4. The molecule has 1 fully saturated rings. The van der Waals surface area contributed by atoms with Crippen molar-refractivity contribution >= 4 is 17.5 Å². The zero-order valence-electron chi connectivity index (χ0n) is 15.8. The first-order valence-corrected chi connectivity index (χ1v) is 9.80. The van der Waals surface area contributed by atoms with E-state index in [9.17, 15) is 19.1 Å². The lowest BCUT2D eigenvalue weighted by Gasteiger charge is -2.17. The largest absolute Gasteiger partial charge is 0.391 e. The van der Waals surface area contributed by atoms with Crippen LogP contribution < -0.4 is 10.9 Å². The van der Waals surface area contributed by atoms with Crippen LogP contribution in [0.25, 0.3) is 16.9 Å². The van der Waals surface area contributed by atoms with Gasteiger partial charge in [0.25, 0.3) is 11.5 Å². The fourth-order valence-electron chi connectivity index (χ4n) is 3.47. The Hall–Kier alpha value is -3.10. The van der Waals surface area contributed by atoms with Crippen LogP contribution in [0.1, 0.15) is 29.6 Å². The predicted octanol–water partition coefficient (Wildman–Crippen LogP) is 2.73. The van der Waals surface area contributed by atoms with E-state index in [1.165, 1.54) is 12.3 Å². The summed E-state index contributed by atoms with van der Waals surface area (Å²) in [7, 11) is 0. The van der Waals surface area contributed by atoms with Crippen molar-refractivity contribution in [3.05, 3.63) is 75.5 Å². The molecule has 1 aromatic carbocycles. The summed E-state index contributed by atoms with van der Waals surface area (Å²) >= 11 is 5.95. The number of halogens is 2. The Balaban J connectivity index is 1.82. The monoisotopic (exact) mass is 428 g/mol. The van der Waals surface area contributed by atoms with Crippen LogP contribution in [0, 0.1) is 5.82 Å². The Morgan fingerprint density at radius 3 is 2.63 bits per heavy atom. The van der Waals surface area contributed by atoms with Gasteiger partial charge in [0.2, 0.25) is 0 Å². The molecule has 1 amide bonds. The summed E-state index contributed by atoms with van der Waals surface area (Å²) in [4.78, 5) is 29.7. The molecule has 7 nitrogen and oxygen atoms in total. The molecule has 30 heavy (non-hydrogen) atoms. The molecule has 9 heteroatoms. The van der Waals surface area contributed by atoms with Gasteiger partial charge in [-0.3, -0.25) is 14.6 Å². The summed E-state index contributed by atoms with van der Waals surface area (Å²) in [6.07, 6.45) is 3.65. The van der Waals surface area contributed by atoms with Crippen LogP contribution >= 0.6 is 11.6 Å². The molecule has 0 saturated heterocycles. The molecule has 1 saturated carbocycles. The van der Waals surface area contributed by atoms with Crippen molar-refractivity contribution in [2.24, 2.45) is 0 Å². The van der Waals surface area contributed by atoms with E-state index in [-0.39, 0.29) is 11.3 Å².